The maximum absolute atomic E-state index is 13.0. The van der Waals surface area contributed by atoms with Gasteiger partial charge in [-0.1, -0.05) is 396 Å². The lowest BCUT2D eigenvalue weighted by Gasteiger charge is -2.21. The number of aliphatic hydroxyl groups excluding tert-OH is 2. The number of allylic oxidation sites excluding steroid dienone is 28. The molecule has 0 aliphatic carbocycles. The van der Waals surface area contributed by atoms with E-state index in [0.29, 0.717) is 19.3 Å². The molecule has 0 heterocycles. The van der Waals surface area contributed by atoms with Crippen LogP contribution in [-0.2, 0) is 55.8 Å². The highest BCUT2D eigenvalue weighted by molar-refractivity contribution is 7.47. The topological polar surface area (TPSA) is 231 Å². The Morgan fingerprint density at radius 2 is 0.420 bits per heavy atom. The van der Waals surface area contributed by atoms with Gasteiger partial charge in [0.25, 0.3) is 0 Å². The Kier molecular flexibility index (Phi) is 88.2. The molecule has 18 heteroatoms. The standard InChI is InChI=1S/C101H172O16P2/c1-4-7-10-13-16-19-22-25-28-31-33-35-37-39-41-43-45-47-49-51-53-55-57-59-61-64-66-69-72-75-78-81-84-87-99(104)111-90-96(102)91-113-118(107,108)114-92-97(103)93-115-119(109,110)116-95-98(117-101(106)89-86-83-80-77-74-71-68-63-30-27-24-21-18-15-12-9-6-3)94-112-100(105)88-85-82-79-76-73-70-67-65-62-60-58-56-54-52-50-48-46-44-42-40-38-36-34-32-29-26-23-20-17-14-11-8-5-2/h7-12,16-21,25-30,33-36,39-42,68,71,96-98,102-103H,4-6,13-15,22-24,31-32,37-38,43-67,69-70,72-95H2,1-3H3,(H,107,108)(H,109,110)/b10-7-,11-8-,12-9-,19-16-,20-17-,21-18-,28-25-,29-26-,30-27-,35-33-,36-34-,41-39-,42-40-,71-68-. The van der Waals surface area contributed by atoms with Crippen molar-refractivity contribution in [2.24, 2.45) is 0 Å². The molecule has 119 heavy (non-hydrogen) atoms. The van der Waals surface area contributed by atoms with Gasteiger partial charge >= 0.3 is 33.6 Å². The molecular formula is C101H172O16P2. The summed E-state index contributed by atoms with van der Waals surface area (Å²) in [6, 6.07) is 0. The molecule has 0 saturated carbocycles. The summed E-state index contributed by atoms with van der Waals surface area (Å²) < 4.78 is 61.5. The minimum atomic E-state index is -4.95. The van der Waals surface area contributed by atoms with Crippen molar-refractivity contribution >= 4 is 33.6 Å². The number of unbranched alkanes of at least 4 members (excludes halogenated alkanes) is 38. The fourth-order valence-electron chi connectivity index (χ4n) is 12.9. The first kappa shape index (κ1) is 114. The summed E-state index contributed by atoms with van der Waals surface area (Å²) in [4.78, 5) is 59.0. The summed E-state index contributed by atoms with van der Waals surface area (Å²) in [5, 5.41) is 20.7. The molecule has 0 aromatic rings. The first-order chi connectivity index (χ1) is 58.2. The normalized spacial score (nSPS) is 14.5. The molecule has 0 spiro atoms. The van der Waals surface area contributed by atoms with E-state index in [1.807, 2.05) is 0 Å². The Balaban J connectivity index is 4.48. The fraction of sp³-hybridized carbons (Fsp3) is 0.693. The lowest BCUT2D eigenvalue weighted by Crippen LogP contribution is -2.30. The van der Waals surface area contributed by atoms with Crippen LogP contribution in [0, 0.1) is 0 Å². The van der Waals surface area contributed by atoms with Crippen LogP contribution in [0.1, 0.15) is 393 Å². The van der Waals surface area contributed by atoms with Crippen molar-refractivity contribution in [3.63, 3.8) is 0 Å². The predicted octanol–water partition coefficient (Wildman–Crippen LogP) is 29.4. The van der Waals surface area contributed by atoms with Crippen LogP contribution in [0.25, 0.3) is 0 Å². The maximum atomic E-state index is 13.0. The van der Waals surface area contributed by atoms with Gasteiger partial charge in [-0.25, -0.2) is 9.13 Å². The maximum Gasteiger partial charge on any atom is 0.472 e. The molecule has 4 N–H and O–H groups in total. The van der Waals surface area contributed by atoms with Crippen LogP contribution in [0.5, 0.6) is 0 Å². The van der Waals surface area contributed by atoms with E-state index in [0.717, 1.165) is 154 Å². The van der Waals surface area contributed by atoms with Gasteiger partial charge in [-0.2, -0.15) is 0 Å². The Labute approximate surface area is 726 Å². The molecule has 0 aliphatic rings. The van der Waals surface area contributed by atoms with Crippen molar-refractivity contribution in [1.82, 2.24) is 0 Å². The number of phosphoric ester groups is 2. The van der Waals surface area contributed by atoms with E-state index in [2.05, 4.69) is 191 Å². The monoisotopic (exact) mass is 1700 g/mol. The number of aliphatic hydroxyl groups is 2. The van der Waals surface area contributed by atoms with Crippen LogP contribution in [0.3, 0.4) is 0 Å². The number of hydrogen-bond acceptors (Lipinski definition) is 14. The zero-order valence-electron chi connectivity index (χ0n) is 75.2. The number of carbonyl (C=O) groups excluding carboxylic acids is 3. The SMILES string of the molecule is CC/C=C\C/C=C\C/C=C\C/C=C\C/C=C\CCCCCCCCCCCCCCCCCCCC(=O)OCC(O)COP(=O)(O)OCC(O)COP(=O)(O)OCC(COC(=O)CCCCCCCCCCCCCCCCCCC/C=C\C/C=C\C/C=C\C/C=C\C/C=C\CC)OC(=O)CCCCCC/C=C\C/C=C\C/C=C\C/C=C\CC. The lowest BCUT2D eigenvalue weighted by atomic mass is 10.0. The van der Waals surface area contributed by atoms with Crippen LogP contribution < -0.4 is 0 Å². The quantitative estimate of drug-likeness (QED) is 0.0146. The highest BCUT2D eigenvalue weighted by Gasteiger charge is 2.30. The molecule has 682 valence electrons. The van der Waals surface area contributed by atoms with Crippen LogP contribution in [0.4, 0.5) is 0 Å². The molecular weight excluding hydrogens is 1530 g/mol. The zero-order valence-corrected chi connectivity index (χ0v) is 77.0. The van der Waals surface area contributed by atoms with Crippen LogP contribution in [-0.4, -0.2) is 95.9 Å². The van der Waals surface area contributed by atoms with Gasteiger partial charge < -0.3 is 34.2 Å². The minimum Gasteiger partial charge on any atom is -0.463 e. The number of hydrogen-bond donors (Lipinski definition) is 4. The van der Waals surface area contributed by atoms with Crippen molar-refractivity contribution in [3.05, 3.63) is 170 Å². The second-order valence-corrected chi connectivity index (χ2v) is 34.3. The van der Waals surface area contributed by atoms with Gasteiger partial charge in [0, 0.05) is 19.3 Å². The molecule has 0 saturated heterocycles. The Morgan fingerprint density at radius 3 is 0.664 bits per heavy atom. The van der Waals surface area contributed by atoms with Crippen molar-refractivity contribution in [3.8, 4) is 0 Å². The number of esters is 3. The highest BCUT2D eigenvalue weighted by atomic mass is 31.2. The molecule has 0 aromatic heterocycles. The van der Waals surface area contributed by atoms with E-state index in [-0.39, 0.29) is 19.3 Å². The lowest BCUT2D eigenvalue weighted by molar-refractivity contribution is -0.161. The third kappa shape index (κ3) is 93.5. The summed E-state index contributed by atoms with van der Waals surface area (Å²) in [5.74, 6) is -1.59. The van der Waals surface area contributed by atoms with E-state index in [9.17, 15) is 43.5 Å². The van der Waals surface area contributed by atoms with Gasteiger partial charge in [-0.15, -0.1) is 0 Å². The van der Waals surface area contributed by atoms with Crippen LogP contribution in [0.15, 0.2) is 170 Å². The second kappa shape index (κ2) is 92.1. The predicted molar refractivity (Wildman–Crippen MR) is 500 cm³/mol. The summed E-state index contributed by atoms with van der Waals surface area (Å²) in [6.07, 6.45) is 120. The molecule has 0 bridgehead atoms. The fourth-order valence-corrected chi connectivity index (χ4v) is 14.4. The third-order valence-corrected chi connectivity index (χ3v) is 21.8. The van der Waals surface area contributed by atoms with Gasteiger partial charge in [0.15, 0.2) is 6.10 Å². The Morgan fingerprint density at radius 1 is 0.235 bits per heavy atom. The summed E-state index contributed by atoms with van der Waals surface area (Å²) in [5.41, 5.74) is 0. The minimum absolute atomic E-state index is 0.0745. The molecule has 0 rings (SSSR count). The molecule has 0 amide bonds. The molecule has 0 aliphatic heterocycles. The Hall–Kier alpha value is -5.09. The average molecular weight is 1700 g/mol. The van der Waals surface area contributed by atoms with E-state index in [1.54, 1.807) is 0 Å². The molecule has 5 atom stereocenters. The van der Waals surface area contributed by atoms with Crippen molar-refractivity contribution in [1.29, 1.82) is 0 Å². The molecule has 5 unspecified atom stereocenters. The zero-order chi connectivity index (χ0) is 86.5. The number of carbonyl (C=O) groups is 3. The first-order valence-corrected chi connectivity index (χ1v) is 50.4. The van der Waals surface area contributed by atoms with Crippen molar-refractivity contribution in [2.45, 2.75) is 411 Å². The molecule has 16 nitrogen and oxygen atoms in total. The van der Waals surface area contributed by atoms with Gasteiger partial charge in [0.05, 0.1) is 26.4 Å². The number of phosphoric acid groups is 2. The van der Waals surface area contributed by atoms with E-state index >= 15 is 0 Å². The number of rotatable bonds is 89. The summed E-state index contributed by atoms with van der Waals surface area (Å²) >= 11 is 0. The van der Waals surface area contributed by atoms with Gasteiger partial charge in [0.1, 0.15) is 25.4 Å². The first-order valence-electron chi connectivity index (χ1n) is 47.4. The smallest absolute Gasteiger partial charge is 0.463 e. The summed E-state index contributed by atoms with van der Waals surface area (Å²) in [7, 11) is -9.82. The molecule has 0 aromatic carbocycles. The van der Waals surface area contributed by atoms with E-state index in [4.69, 9.17) is 32.3 Å². The molecule has 0 fully saturated rings. The van der Waals surface area contributed by atoms with Crippen molar-refractivity contribution < 1.29 is 75.8 Å². The second-order valence-electron chi connectivity index (χ2n) is 31.4. The van der Waals surface area contributed by atoms with E-state index in [1.165, 1.54) is 180 Å². The highest BCUT2D eigenvalue weighted by Crippen LogP contribution is 2.45. The van der Waals surface area contributed by atoms with Gasteiger partial charge in [0.2, 0.25) is 0 Å². The van der Waals surface area contributed by atoms with Gasteiger partial charge in [-0.05, 0) is 148 Å². The summed E-state index contributed by atoms with van der Waals surface area (Å²) in [6.45, 7) is 2.36. The van der Waals surface area contributed by atoms with Crippen LogP contribution >= 0.6 is 15.6 Å². The third-order valence-electron chi connectivity index (χ3n) is 19.9. The Bertz CT molecular complexity index is 2840. The van der Waals surface area contributed by atoms with Crippen molar-refractivity contribution in [2.75, 3.05) is 39.6 Å². The average Bonchev–Trinajstić information content (AvgIpc) is 0.899. The number of ether oxygens (including phenoxy) is 3. The van der Waals surface area contributed by atoms with E-state index < -0.39 is 91.5 Å². The van der Waals surface area contributed by atoms with Gasteiger partial charge in [-0.3, -0.25) is 32.5 Å². The molecule has 0 radical (unpaired) electrons. The largest absolute Gasteiger partial charge is 0.472 e. The van der Waals surface area contributed by atoms with Crippen LogP contribution in [0.2, 0.25) is 0 Å².